The first-order valence-corrected chi connectivity index (χ1v) is 18.5. The van der Waals surface area contributed by atoms with Crippen LogP contribution in [0.25, 0.3) is 0 Å². The fourth-order valence-electron chi connectivity index (χ4n) is 8.57. The molecule has 0 spiro atoms. The standard InChI is InChI=1S/C37H56N4O8/c1-3-17-41(36(46)38-16-10-19-40-18-9-13-33(40)45)32-24-30(39-48-4-2)28-22-25(11-5-7-20-42)27(12-6-8-21-43)34-29-23-26(44)14-15-31(29)49-37(32,47)35(28)34/h14-15,22-23,25,27,32,34-35,42-44,47H,3-13,16-21,24H2,1-2H3,(H,38,46)/t25-,27+,32-,34+,35+,37+/m0/s1. The zero-order valence-electron chi connectivity index (χ0n) is 29.2. The van der Waals surface area contributed by atoms with E-state index in [-0.39, 0.29) is 55.1 Å². The van der Waals surface area contributed by atoms with E-state index >= 15 is 0 Å². The van der Waals surface area contributed by atoms with Crippen LogP contribution in [0.1, 0.15) is 96.0 Å². The Bertz CT molecular complexity index is 1350. The van der Waals surface area contributed by atoms with Gasteiger partial charge in [0.05, 0.1) is 11.6 Å². The molecule has 0 bridgehead atoms. The van der Waals surface area contributed by atoms with Gasteiger partial charge in [-0.15, -0.1) is 0 Å². The van der Waals surface area contributed by atoms with Gasteiger partial charge in [0, 0.05) is 63.7 Å². The van der Waals surface area contributed by atoms with Gasteiger partial charge in [-0.05, 0) is 87.5 Å². The second kappa shape index (κ2) is 17.0. The van der Waals surface area contributed by atoms with Gasteiger partial charge in [-0.3, -0.25) is 4.79 Å². The normalized spacial score (nSPS) is 28.1. The fraction of sp³-hybridized carbons (Fsp3) is 0.703. The molecule has 12 nitrogen and oxygen atoms in total. The Morgan fingerprint density at radius 3 is 2.61 bits per heavy atom. The lowest BCUT2D eigenvalue weighted by Gasteiger charge is -2.58. The number of aromatic hydroxyl groups is 1. The molecule has 1 aromatic carbocycles. The van der Waals surface area contributed by atoms with Crippen molar-refractivity contribution in [3.63, 3.8) is 0 Å². The number of unbranched alkanes of at least 4 members (excludes halogenated alkanes) is 2. The Balaban J connectivity index is 1.55. The van der Waals surface area contributed by atoms with E-state index in [9.17, 15) is 30.0 Å². The number of hydrogen-bond acceptors (Lipinski definition) is 9. The van der Waals surface area contributed by atoms with E-state index in [0.717, 1.165) is 49.8 Å². The van der Waals surface area contributed by atoms with Gasteiger partial charge in [0.15, 0.2) is 0 Å². The number of aliphatic hydroxyl groups excluding tert-OH is 2. The molecular formula is C37H56N4O8. The van der Waals surface area contributed by atoms with Crippen molar-refractivity contribution in [2.24, 2.45) is 22.9 Å². The lowest BCUT2D eigenvalue weighted by atomic mass is 9.55. The van der Waals surface area contributed by atoms with Crippen molar-refractivity contribution in [1.82, 2.24) is 15.1 Å². The summed E-state index contributed by atoms with van der Waals surface area (Å²) in [7, 11) is 0. The smallest absolute Gasteiger partial charge is 0.317 e. The number of carbonyl (C=O) groups is 2. The molecule has 1 aromatic rings. The van der Waals surface area contributed by atoms with Crippen LogP contribution in [-0.2, 0) is 9.63 Å². The van der Waals surface area contributed by atoms with Crippen LogP contribution in [0.15, 0.2) is 35.0 Å². The van der Waals surface area contributed by atoms with Crippen molar-refractivity contribution < 1.29 is 39.6 Å². The van der Waals surface area contributed by atoms with Crippen LogP contribution in [0.3, 0.4) is 0 Å². The summed E-state index contributed by atoms with van der Waals surface area (Å²) in [5.74, 6) is -1.85. The SMILES string of the molecule is CCCN(C(=O)NCCCN1CCCC1=O)[C@H]1CC(=NOCC)C2=C[C@H](CCCCO)[C@@H](CCCCO)[C@@H]3c4cc(O)ccc4O[C@@]1(O)[C@H]23. The van der Waals surface area contributed by atoms with Crippen molar-refractivity contribution in [3.05, 3.63) is 35.4 Å². The topological polar surface area (TPSA) is 164 Å². The quantitative estimate of drug-likeness (QED) is 0.120. The van der Waals surface area contributed by atoms with Gasteiger partial charge in [-0.1, -0.05) is 31.0 Å². The number of oxime groups is 1. The molecule has 5 rings (SSSR count). The molecule has 2 heterocycles. The number of fused-ring (bicyclic) bond motifs is 2. The molecule has 2 aliphatic heterocycles. The molecule has 0 unspecified atom stereocenters. The number of nitrogens with zero attached hydrogens (tertiary/aromatic N) is 3. The zero-order valence-corrected chi connectivity index (χ0v) is 29.2. The molecule has 1 saturated carbocycles. The minimum absolute atomic E-state index is 0.0313. The molecule has 0 radical (unpaired) electrons. The van der Waals surface area contributed by atoms with Crippen LogP contribution in [0.2, 0.25) is 0 Å². The van der Waals surface area contributed by atoms with E-state index in [2.05, 4.69) is 16.5 Å². The lowest BCUT2D eigenvalue weighted by molar-refractivity contribution is -0.228. The Kier molecular flexibility index (Phi) is 12.8. The summed E-state index contributed by atoms with van der Waals surface area (Å²) >= 11 is 0. The average Bonchev–Trinajstić information content (AvgIpc) is 3.50. The van der Waals surface area contributed by atoms with Gasteiger partial charge < -0.3 is 45.1 Å². The Morgan fingerprint density at radius 1 is 1.14 bits per heavy atom. The van der Waals surface area contributed by atoms with Crippen LogP contribution in [0.4, 0.5) is 4.79 Å². The highest BCUT2D eigenvalue weighted by molar-refractivity contribution is 6.03. The number of carbonyl (C=O) groups excluding carboxylic acids is 2. The Labute approximate surface area is 290 Å². The molecule has 12 heteroatoms. The second-order valence-electron chi connectivity index (χ2n) is 13.9. The van der Waals surface area contributed by atoms with Crippen molar-refractivity contribution in [1.29, 1.82) is 0 Å². The fourth-order valence-corrected chi connectivity index (χ4v) is 8.57. The van der Waals surface area contributed by atoms with Crippen LogP contribution >= 0.6 is 0 Å². The highest BCUT2D eigenvalue weighted by atomic mass is 16.6. The number of aliphatic hydroxyl groups is 3. The number of urea groups is 1. The first-order chi connectivity index (χ1) is 23.8. The number of benzene rings is 1. The number of amides is 3. The maximum Gasteiger partial charge on any atom is 0.317 e. The van der Waals surface area contributed by atoms with E-state index in [0.29, 0.717) is 69.8 Å². The number of hydrogen-bond donors (Lipinski definition) is 5. The third-order valence-corrected chi connectivity index (χ3v) is 10.7. The van der Waals surface area contributed by atoms with E-state index in [1.165, 1.54) is 0 Å². The van der Waals surface area contributed by atoms with Crippen LogP contribution in [-0.4, -0.2) is 106 Å². The monoisotopic (exact) mass is 684 g/mol. The third-order valence-electron chi connectivity index (χ3n) is 10.7. The summed E-state index contributed by atoms with van der Waals surface area (Å²) in [5, 5.41) is 50.6. The van der Waals surface area contributed by atoms with E-state index in [1.807, 2.05) is 18.7 Å². The number of nitrogens with one attached hydrogen (secondary N) is 1. The van der Waals surface area contributed by atoms with E-state index < -0.39 is 17.7 Å². The molecule has 6 atom stereocenters. The van der Waals surface area contributed by atoms with Crippen LogP contribution in [0, 0.1) is 17.8 Å². The summed E-state index contributed by atoms with van der Waals surface area (Å²) in [6.45, 7) is 6.51. The number of phenolic OH excluding ortho intramolecular Hbond substituents is 1. The summed E-state index contributed by atoms with van der Waals surface area (Å²) in [4.78, 5) is 35.3. The molecule has 3 amide bonds. The summed E-state index contributed by atoms with van der Waals surface area (Å²) in [5.41, 5.74) is 2.31. The third kappa shape index (κ3) is 8.02. The number of rotatable bonds is 17. The molecule has 49 heavy (non-hydrogen) atoms. The largest absolute Gasteiger partial charge is 0.508 e. The molecule has 2 aliphatic carbocycles. The predicted octanol–water partition coefficient (Wildman–Crippen LogP) is 4.27. The number of likely N-dealkylation sites (tertiary alicyclic amines) is 1. The zero-order chi connectivity index (χ0) is 35.0. The Morgan fingerprint density at radius 2 is 1.92 bits per heavy atom. The minimum Gasteiger partial charge on any atom is -0.508 e. The maximum atomic E-state index is 14.0. The second-order valence-corrected chi connectivity index (χ2v) is 13.9. The molecule has 272 valence electrons. The number of allylic oxidation sites excluding steroid dienone is 1. The van der Waals surface area contributed by atoms with Gasteiger partial charge in [0.25, 0.3) is 0 Å². The van der Waals surface area contributed by atoms with Gasteiger partial charge in [-0.2, -0.15) is 0 Å². The molecule has 0 aromatic heterocycles. The molecule has 1 saturated heterocycles. The van der Waals surface area contributed by atoms with E-state index in [1.54, 1.807) is 23.1 Å². The van der Waals surface area contributed by atoms with Crippen LogP contribution in [0.5, 0.6) is 11.5 Å². The van der Waals surface area contributed by atoms with Crippen molar-refractivity contribution >= 4 is 17.6 Å². The van der Waals surface area contributed by atoms with Crippen molar-refractivity contribution in [2.75, 3.05) is 46.0 Å². The summed E-state index contributed by atoms with van der Waals surface area (Å²) in [6, 6.07) is 3.88. The minimum atomic E-state index is -1.81. The van der Waals surface area contributed by atoms with Crippen molar-refractivity contribution in [2.45, 2.75) is 102 Å². The lowest BCUT2D eigenvalue weighted by Crippen LogP contribution is -2.69. The van der Waals surface area contributed by atoms with Crippen molar-refractivity contribution in [3.8, 4) is 11.5 Å². The molecular weight excluding hydrogens is 628 g/mol. The maximum absolute atomic E-state index is 14.0. The number of phenols is 1. The summed E-state index contributed by atoms with van der Waals surface area (Å²) < 4.78 is 6.64. The highest BCUT2D eigenvalue weighted by Gasteiger charge is 2.64. The first kappa shape index (κ1) is 36.9. The molecule has 5 N–H and O–H groups in total. The summed E-state index contributed by atoms with van der Waals surface area (Å²) in [6.07, 6.45) is 9.69. The molecule has 2 fully saturated rings. The first-order valence-electron chi connectivity index (χ1n) is 18.5. The van der Waals surface area contributed by atoms with Crippen LogP contribution < -0.4 is 10.1 Å². The van der Waals surface area contributed by atoms with Gasteiger partial charge in [0.1, 0.15) is 24.1 Å². The van der Waals surface area contributed by atoms with Gasteiger partial charge in [0.2, 0.25) is 11.7 Å². The number of ether oxygens (including phenoxy) is 1. The molecule has 4 aliphatic rings. The van der Waals surface area contributed by atoms with Gasteiger partial charge in [-0.25, -0.2) is 4.79 Å². The Hall–Kier alpha value is -3.35. The van der Waals surface area contributed by atoms with E-state index in [4.69, 9.17) is 9.57 Å². The van der Waals surface area contributed by atoms with Gasteiger partial charge >= 0.3 is 6.03 Å². The average molecular weight is 685 g/mol. The predicted molar refractivity (Wildman–Crippen MR) is 185 cm³/mol. The highest BCUT2D eigenvalue weighted by Crippen LogP contribution is 2.60.